The van der Waals surface area contributed by atoms with Crippen LogP contribution in [0.25, 0.3) is 0 Å². The van der Waals surface area contributed by atoms with Crippen LogP contribution in [0.1, 0.15) is 27.7 Å². The first kappa shape index (κ1) is 13.4. The maximum Gasteiger partial charge on any atom is 0.311 e. The summed E-state index contributed by atoms with van der Waals surface area (Å²) in [6, 6.07) is 0. The van der Waals surface area contributed by atoms with Gasteiger partial charge in [-0.05, 0) is 27.7 Å². The van der Waals surface area contributed by atoms with Crippen LogP contribution < -0.4 is 0 Å². The van der Waals surface area contributed by atoms with Gasteiger partial charge in [0.25, 0.3) is 0 Å². The van der Waals surface area contributed by atoms with E-state index in [-0.39, 0.29) is 6.61 Å². The zero-order valence-corrected chi connectivity index (χ0v) is 10.2. The van der Waals surface area contributed by atoms with Gasteiger partial charge >= 0.3 is 5.97 Å². The molecule has 0 aromatic rings. The first-order valence-corrected chi connectivity index (χ1v) is 5.54. The van der Waals surface area contributed by atoms with Gasteiger partial charge in [0.15, 0.2) is 5.79 Å². The largest absolute Gasteiger partial charge is 0.466 e. The minimum Gasteiger partial charge on any atom is -0.466 e. The molecule has 3 atom stereocenters. The highest BCUT2D eigenvalue weighted by Gasteiger charge is 2.40. The average Bonchev–Trinajstić information content (AvgIpc) is 2.57. The molecule has 94 valence electrons. The Morgan fingerprint density at radius 2 is 2.25 bits per heavy atom. The van der Waals surface area contributed by atoms with Crippen LogP contribution in [0.2, 0.25) is 0 Å². The molecule has 1 aliphatic heterocycles. The van der Waals surface area contributed by atoms with Crippen molar-refractivity contribution in [3.63, 3.8) is 0 Å². The smallest absolute Gasteiger partial charge is 0.311 e. The number of hydrogen-bond donors (Lipinski definition) is 1. The second-order valence-electron chi connectivity index (χ2n) is 4.40. The van der Waals surface area contributed by atoms with E-state index >= 15 is 0 Å². The fraction of sp³-hybridized carbons (Fsp3) is 0.909. The standard InChI is InChI=1S/C11H20O5/c1-5-14-10(13)7(2)9(12)8-6-15-11(3,4)16-8/h7-9,12H,5-6H2,1-4H3/t7?,8-,9+/m1/s1. The van der Waals surface area contributed by atoms with Crippen LogP contribution in [0.15, 0.2) is 0 Å². The van der Waals surface area contributed by atoms with Crippen molar-refractivity contribution in [1.29, 1.82) is 0 Å². The van der Waals surface area contributed by atoms with E-state index in [9.17, 15) is 9.90 Å². The molecule has 1 fully saturated rings. The Bertz CT molecular complexity index is 251. The Balaban J connectivity index is 2.51. The summed E-state index contributed by atoms with van der Waals surface area (Å²) in [7, 11) is 0. The van der Waals surface area contributed by atoms with E-state index in [2.05, 4.69) is 0 Å². The van der Waals surface area contributed by atoms with Crippen molar-refractivity contribution in [1.82, 2.24) is 0 Å². The number of aliphatic hydroxyl groups is 1. The zero-order valence-electron chi connectivity index (χ0n) is 10.2. The summed E-state index contributed by atoms with van der Waals surface area (Å²) >= 11 is 0. The predicted octanol–water partition coefficient (Wildman–Crippen LogP) is 0.698. The molecule has 0 amide bonds. The third-order valence-corrected chi connectivity index (χ3v) is 2.58. The van der Waals surface area contributed by atoms with Crippen LogP contribution in [-0.2, 0) is 19.0 Å². The van der Waals surface area contributed by atoms with Gasteiger partial charge in [0.05, 0.1) is 25.2 Å². The molecule has 1 heterocycles. The normalized spacial score (nSPS) is 27.4. The molecular formula is C11H20O5. The maximum atomic E-state index is 11.4. The minimum absolute atomic E-state index is 0.290. The number of ether oxygens (including phenoxy) is 3. The maximum absolute atomic E-state index is 11.4. The van der Waals surface area contributed by atoms with E-state index < -0.39 is 29.9 Å². The third kappa shape index (κ3) is 3.17. The highest BCUT2D eigenvalue weighted by Crippen LogP contribution is 2.26. The van der Waals surface area contributed by atoms with Crippen LogP contribution in [0.5, 0.6) is 0 Å². The van der Waals surface area contributed by atoms with Gasteiger partial charge in [-0.2, -0.15) is 0 Å². The fourth-order valence-electron chi connectivity index (χ4n) is 1.62. The molecule has 0 radical (unpaired) electrons. The van der Waals surface area contributed by atoms with Gasteiger partial charge in [0.2, 0.25) is 0 Å². The summed E-state index contributed by atoms with van der Waals surface area (Å²) in [5.41, 5.74) is 0. The van der Waals surface area contributed by atoms with Crippen molar-refractivity contribution in [2.24, 2.45) is 5.92 Å². The first-order valence-electron chi connectivity index (χ1n) is 5.54. The van der Waals surface area contributed by atoms with Gasteiger partial charge in [-0.1, -0.05) is 0 Å². The molecule has 0 aliphatic carbocycles. The quantitative estimate of drug-likeness (QED) is 0.723. The lowest BCUT2D eigenvalue weighted by molar-refractivity contribution is -0.167. The second kappa shape index (κ2) is 5.12. The van der Waals surface area contributed by atoms with E-state index in [1.807, 2.05) is 0 Å². The Morgan fingerprint density at radius 3 is 2.69 bits per heavy atom. The lowest BCUT2D eigenvalue weighted by Crippen LogP contribution is -2.39. The monoisotopic (exact) mass is 232 g/mol. The number of carbonyl (C=O) groups excluding carboxylic acids is 1. The fourth-order valence-corrected chi connectivity index (χ4v) is 1.62. The zero-order chi connectivity index (χ0) is 12.3. The molecule has 0 aromatic carbocycles. The molecule has 1 N–H and O–H groups in total. The highest BCUT2D eigenvalue weighted by atomic mass is 16.7. The molecule has 1 aliphatic rings. The highest BCUT2D eigenvalue weighted by molar-refractivity contribution is 5.72. The van der Waals surface area contributed by atoms with Crippen molar-refractivity contribution in [2.75, 3.05) is 13.2 Å². The van der Waals surface area contributed by atoms with Crippen molar-refractivity contribution in [2.45, 2.75) is 45.7 Å². The molecule has 16 heavy (non-hydrogen) atoms. The van der Waals surface area contributed by atoms with Gasteiger partial charge in [-0.25, -0.2) is 0 Å². The molecule has 0 bridgehead atoms. The molecule has 1 saturated heterocycles. The summed E-state index contributed by atoms with van der Waals surface area (Å²) in [5, 5.41) is 9.94. The van der Waals surface area contributed by atoms with Gasteiger partial charge in [-0.15, -0.1) is 0 Å². The number of hydrogen-bond acceptors (Lipinski definition) is 5. The first-order chi connectivity index (χ1) is 7.37. The minimum atomic E-state index is -0.902. The van der Waals surface area contributed by atoms with Crippen LogP contribution in [0.3, 0.4) is 0 Å². The van der Waals surface area contributed by atoms with Crippen LogP contribution in [0, 0.1) is 5.92 Å². The van der Waals surface area contributed by atoms with Crippen LogP contribution in [-0.4, -0.2) is 42.3 Å². The summed E-state index contributed by atoms with van der Waals surface area (Å²) in [6.07, 6.45) is -1.38. The summed E-state index contributed by atoms with van der Waals surface area (Å²) in [5.74, 6) is -1.72. The van der Waals surface area contributed by atoms with E-state index in [0.717, 1.165) is 0 Å². The van der Waals surface area contributed by atoms with Crippen LogP contribution >= 0.6 is 0 Å². The lowest BCUT2D eigenvalue weighted by Gasteiger charge is -2.23. The molecule has 5 nitrogen and oxygen atoms in total. The average molecular weight is 232 g/mol. The Morgan fingerprint density at radius 1 is 1.62 bits per heavy atom. The van der Waals surface area contributed by atoms with E-state index in [1.165, 1.54) is 0 Å². The molecule has 0 saturated carbocycles. The van der Waals surface area contributed by atoms with Crippen molar-refractivity contribution < 1.29 is 24.1 Å². The van der Waals surface area contributed by atoms with E-state index in [0.29, 0.717) is 6.61 Å². The Hall–Kier alpha value is -0.650. The molecule has 5 heteroatoms. The van der Waals surface area contributed by atoms with Gasteiger partial charge in [0.1, 0.15) is 6.10 Å². The summed E-state index contributed by atoms with van der Waals surface area (Å²) in [4.78, 5) is 11.4. The summed E-state index contributed by atoms with van der Waals surface area (Å²) in [6.45, 7) is 7.50. The van der Waals surface area contributed by atoms with Gasteiger partial charge in [-0.3, -0.25) is 4.79 Å². The number of carbonyl (C=O) groups is 1. The third-order valence-electron chi connectivity index (χ3n) is 2.58. The molecule has 1 rings (SSSR count). The number of esters is 1. The molecular weight excluding hydrogens is 212 g/mol. The SMILES string of the molecule is CCOC(=O)C(C)[C@H](O)[C@H]1COC(C)(C)O1. The van der Waals surface area contributed by atoms with Gasteiger partial charge < -0.3 is 19.3 Å². The second-order valence-corrected chi connectivity index (χ2v) is 4.40. The van der Waals surface area contributed by atoms with Crippen molar-refractivity contribution in [3.05, 3.63) is 0 Å². The predicted molar refractivity (Wildman–Crippen MR) is 56.7 cm³/mol. The molecule has 0 spiro atoms. The summed E-state index contributed by atoms with van der Waals surface area (Å²) < 4.78 is 15.7. The Labute approximate surface area is 95.7 Å². The molecule has 0 aromatic heterocycles. The number of rotatable bonds is 4. The molecule has 1 unspecified atom stereocenters. The van der Waals surface area contributed by atoms with Crippen molar-refractivity contribution >= 4 is 5.97 Å². The van der Waals surface area contributed by atoms with Crippen LogP contribution in [0.4, 0.5) is 0 Å². The van der Waals surface area contributed by atoms with Crippen molar-refractivity contribution in [3.8, 4) is 0 Å². The lowest BCUT2D eigenvalue weighted by atomic mass is 10.0. The van der Waals surface area contributed by atoms with E-state index in [4.69, 9.17) is 14.2 Å². The van der Waals surface area contributed by atoms with Gasteiger partial charge in [0, 0.05) is 0 Å². The van der Waals surface area contributed by atoms with E-state index in [1.54, 1.807) is 27.7 Å². The Kier molecular flexibility index (Phi) is 4.29. The topological polar surface area (TPSA) is 65.0 Å². The number of aliphatic hydroxyl groups excluding tert-OH is 1.